The van der Waals surface area contributed by atoms with E-state index in [0.717, 1.165) is 6.42 Å². The zero-order valence-corrected chi connectivity index (χ0v) is 16.4. The first-order valence-corrected chi connectivity index (χ1v) is 9.19. The van der Waals surface area contributed by atoms with Gasteiger partial charge in [0, 0.05) is 12.6 Å². The van der Waals surface area contributed by atoms with Gasteiger partial charge in [-0.05, 0) is 52.9 Å². The molecule has 1 aliphatic rings. The minimum Gasteiger partial charge on any atom is -0.444 e. The zero-order chi connectivity index (χ0) is 19.2. The summed E-state index contributed by atoms with van der Waals surface area (Å²) in [6.07, 6.45) is 0.820. The summed E-state index contributed by atoms with van der Waals surface area (Å²) in [4.78, 5) is 24.7. The van der Waals surface area contributed by atoms with Crippen molar-refractivity contribution in [3.05, 3.63) is 0 Å². The van der Waals surface area contributed by atoms with E-state index in [1.807, 2.05) is 13.8 Å². The molecule has 25 heavy (non-hydrogen) atoms. The van der Waals surface area contributed by atoms with Crippen molar-refractivity contribution in [2.75, 3.05) is 6.54 Å². The van der Waals surface area contributed by atoms with Crippen molar-refractivity contribution in [2.45, 2.75) is 90.6 Å². The van der Waals surface area contributed by atoms with Crippen molar-refractivity contribution in [2.24, 2.45) is 5.92 Å². The van der Waals surface area contributed by atoms with Gasteiger partial charge < -0.3 is 25.8 Å². The fourth-order valence-corrected chi connectivity index (χ4v) is 2.79. The lowest BCUT2D eigenvalue weighted by atomic mass is 10.0. The lowest BCUT2D eigenvalue weighted by Gasteiger charge is -2.27. The van der Waals surface area contributed by atoms with E-state index in [4.69, 9.17) is 4.74 Å². The van der Waals surface area contributed by atoms with Crippen LogP contribution in [0, 0.1) is 5.92 Å². The number of hydrogen-bond acceptors (Lipinski definition) is 5. The number of nitrogens with one attached hydrogen (secondary N) is 3. The molecular formula is C18H35N3O4. The topological polar surface area (TPSA) is 99.7 Å². The lowest BCUT2D eigenvalue weighted by Crippen LogP contribution is -2.54. The summed E-state index contributed by atoms with van der Waals surface area (Å²) in [6.45, 7) is 11.8. The maximum absolute atomic E-state index is 12.7. The highest BCUT2D eigenvalue weighted by Gasteiger charge is 2.30. The number of aliphatic hydroxyl groups excluding tert-OH is 1. The average molecular weight is 357 g/mol. The summed E-state index contributed by atoms with van der Waals surface area (Å²) in [7, 11) is 0. The van der Waals surface area contributed by atoms with E-state index in [0.29, 0.717) is 25.4 Å². The van der Waals surface area contributed by atoms with Crippen molar-refractivity contribution < 1.29 is 19.4 Å². The molecule has 1 saturated heterocycles. The molecule has 7 heteroatoms. The molecule has 4 atom stereocenters. The molecule has 0 aliphatic carbocycles. The van der Waals surface area contributed by atoms with Crippen LogP contribution in [0.3, 0.4) is 0 Å². The maximum atomic E-state index is 12.7. The monoisotopic (exact) mass is 357 g/mol. The standard InChI is InChI=1S/C18H35N3O4/c1-11(2)9-14(21-17(24)25-18(4,5)6)16(23)20-13-8-7-12(3)19-10-15(13)22/h11-15,19,22H,7-10H2,1-6H3,(H,20,23)(H,21,24). The Hall–Kier alpha value is -1.34. The number of β-amino-alcohol motifs (C(OH)–C–C–N with tert-alkyl or cyclic N) is 1. The van der Waals surface area contributed by atoms with E-state index in [9.17, 15) is 14.7 Å². The Morgan fingerprint density at radius 3 is 2.48 bits per heavy atom. The van der Waals surface area contributed by atoms with Gasteiger partial charge in [0.25, 0.3) is 0 Å². The van der Waals surface area contributed by atoms with Gasteiger partial charge in [-0.1, -0.05) is 13.8 Å². The number of amides is 2. The summed E-state index contributed by atoms with van der Waals surface area (Å²) in [6, 6.07) is -0.696. The molecule has 0 radical (unpaired) electrons. The molecule has 7 nitrogen and oxygen atoms in total. The summed E-state index contributed by atoms with van der Waals surface area (Å²) in [5.41, 5.74) is -0.623. The molecule has 4 N–H and O–H groups in total. The lowest BCUT2D eigenvalue weighted by molar-refractivity contribution is -0.125. The number of ether oxygens (including phenoxy) is 1. The van der Waals surface area contributed by atoms with Gasteiger partial charge in [0.05, 0.1) is 12.1 Å². The summed E-state index contributed by atoms with van der Waals surface area (Å²) in [5.74, 6) is -0.0513. The van der Waals surface area contributed by atoms with Crippen molar-refractivity contribution in [3.63, 3.8) is 0 Å². The Balaban J connectivity index is 2.70. The van der Waals surface area contributed by atoms with Gasteiger partial charge in [0.2, 0.25) is 5.91 Å². The maximum Gasteiger partial charge on any atom is 0.408 e. The average Bonchev–Trinajstić information content (AvgIpc) is 2.59. The number of rotatable bonds is 5. The number of hydrogen-bond donors (Lipinski definition) is 4. The summed E-state index contributed by atoms with van der Waals surface area (Å²) in [5, 5.41) is 19.0. The molecule has 1 fully saturated rings. The van der Waals surface area contributed by atoms with Gasteiger partial charge in [-0.15, -0.1) is 0 Å². The molecular weight excluding hydrogens is 322 g/mol. The van der Waals surface area contributed by atoms with Gasteiger partial charge in [0.15, 0.2) is 0 Å². The molecule has 0 spiro atoms. The second kappa shape index (κ2) is 9.38. The first-order chi connectivity index (χ1) is 11.5. The van der Waals surface area contributed by atoms with Crippen molar-refractivity contribution in [1.29, 1.82) is 0 Å². The van der Waals surface area contributed by atoms with E-state index in [1.54, 1.807) is 20.8 Å². The second-order valence-corrected chi connectivity index (χ2v) is 8.40. The molecule has 2 amide bonds. The van der Waals surface area contributed by atoms with E-state index in [1.165, 1.54) is 0 Å². The van der Waals surface area contributed by atoms with Gasteiger partial charge in [-0.3, -0.25) is 4.79 Å². The molecule has 1 rings (SSSR count). The van der Waals surface area contributed by atoms with Gasteiger partial charge in [-0.25, -0.2) is 4.79 Å². The molecule has 4 unspecified atom stereocenters. The van der Waals surface area contributed by atoms with E-state index >= 15 is 0 Å². The van der Waals surface area contributed by atoms with Crippen molar-refractivity contribution in [1.82, 2.24) is 16.0 Å². The fourth-order valence-electron chi connectivity index (χ4n) is 2.79. The predicted molar refractivity (Wildman–Crippen MR) is 97.2 cm³/mol. The number of carbonyl (C=O) groups excluding carboxylic acids is 2. The third-order valence-corrected chi connectivity index (χ3v) is 4.09. The van der Waals surface area contributed by atoms with Crippen molar-refractivity contribution in [3.8, 4) is 0 Å². The Labute approximate surface area is 151 Å². The molecule has 0 aromatic heterocycles. The first kappa shape index (κ1) is 21.7. The van der Waals surface area contributed by atoms with E-state index in [2.05, 4.69) is 22.9 Å². The van der Waals surface area contributed by atoms with Crippen LogP contribution in [0.25, 0.3) is 0 Å². The Morgan fingerprint density at radius 2 is 1.92 bits per heavy atom. The number of aliphatic hydroxyl groups is 1. The number of carbonyl (C=O) groups is 2. The van der Waals surface area contributed by atoms with Crippen LogP contribution in [0.2, 0.25) is 0 Å². The van der Waals surface area contributed by atoms with Crippen LogP contribution in [0.1, 0.15) is 60.8 Å². The van der Waals surface area contributed by atoms with Gasteiger partial charge in [-0.2, -0.15) is 0 Å². The minimum absolute atomic E-state index is 0.228. The van der Waals surface area contributed by atoms with E-state index in [-0.39, 0.29) is 17.9 Å². The summed E-state index contributed by atoms with van der Waals surface area (Å²) >= 11 is 0. The third-order valence-electron chi connectivity index (χ3n) is 4.09. The minimum atomic E-state index is -0.685. The zero-order valence-electron chi connectivity index (χ0n) is 16.4. The smallest absolute Gasteiger partial charge is 0.408 e. The van der Waals surface area contributed by atoms with Crippen LogP contribution in [0.4, 0.5) is 4.79 Å². The van der Waals surface area contributed by atoms with Gasteiger partial charge >= 0.3 is 6.09 Å². The Bertz CT molecular complexity index is 448. The molecule has 1 aliphatic heterocycles. The van der Waals surface area contributed by atoms with Crippen LogP contribution in [-0.2, 0) is 9.53 Å². The highest BCUT2D eigenvalue weighted by molar-refractivity contribution is 5.85. The van der Waals surface area contributed by atoms with Crippen molar-refractivity contribution >= 4 is 12.0 Å². The largest absolute Gasteiger partial charge is 0.444 e. The van der Waals surface area contributed by atoms with Crippen LogP contribution >= 0.6 is 0 Å². The number of alkyl carbamates (subject to hydrolysis) is 1. The van der Waals surface area contributed by atoms with Crippen LogP contribution < -0.4 is 16.0 Å². The third kappa shape index (κ3) is 8.54. The van der Waals surface area contributed by atoms with Crippen LogP contribution in [0.5, 0.6) is 0 Å². The highest BCUT2D eigenvalue weighted by Crippen LogP contribution is 2.13. The molecule has 146 valence electrons. The van der Waals surface area contributed by atoms with E-state index < -0.39 is 23.8 Å². The van der Waals surface area contributed by atoms with Crippen LogP contribution in [-0.4, -0.2) is 53.5 Å². The quantitative estimate of drug-likeness (QED) is 0.598. The molecule has 1 heterocycles. The molecule has 0 aromatic carbocycles. The highest BCUT2D eigenvalue weighted by atomic mass is 16.6. The second-order valence-electron chi connectivity index (χ2n) is 8.40. The SMILES string of the molecule is CC(C)CC(NC(=O)OC(C)(C)C)C(=O)NC1CCC(C)NCC1O. The Kier molecular flexibility index (Phi) is 8.15. The molecule has 0 saturated carbocycles. The van der Waals surface area contributed by atoms with Crippen LogP contribution in [0.15, 0.2) is 0 Å². The summed E-state index contributed by atoms with van der Waals surface area (Å²) < 4.78 is 5.26. The molecule has 0 aromatic rings. The Morgan fingerprint density at radius 1 is 1.28 bits per heavy atom. The normalized spacial score (nSPS) is 25.8. The first-order valence-electron chi connectivity index (χ1n) is 9.19. The predicted octanol–water partition coefficient (Wildman–Crippen LogP) is 1.54. The fraction of sp³-hybridized carbons (Fsp3) is 0.889. The molecule has 0 bridgehead atoms. The van der Waals surface area contributed by atoms with Gasteiger partial charge in [0.1, 0.15) is 11.6 Å².